The lowest BCUT2D eigenvalue weighted by Gasteiger charge is -2.35. The summed E-state index contributed by atoms with van der Waals surface area (Å²) < 4.78 is 5.33. The van der Waals surface area contributed by atoms with Crippen molar-refractivity contribution < 1.29 is 9.53 Å². The van der Waals surface area contributed by atoms with E-state index in [4.69, 9.17) is 21.3 Å². The summed E-state index contributed by atoms with van der Waals surface area (Å²) in [6.07, 6.45) is 0.721. The first kappa shape index (κ1) is 23.3. The third-order valence-electron chi connectivity index (χ3n) is 6.43. The monoisotopic (exact) mass is 497 g/mol. The van der Waals surface area contributed by atoms with E-state index in [0.29, 0.717) is 0 Å². The third kappa shape index (κ3) is 5.26. The summed E-state index contributed by atoms with van der Waals surface area (Å²) in [6, 6.07) is 15.6. The second-order valence-corrected chi connectivity index (χ2v) is 10.0. The average Bonchev–Trinajstić information content (AvgIpc) is 3.55. The molecule has 2 aliphatic heterocycles. The second-order valence-electron chi connectivity index (χ2n) is 8.64. The number of piperazine rings is 1. The molecule has 2 aliphatic rings. The van der Waals surface area contributed by atoms with E-state index in [1.807, 2.05) is 47.4 Å². The van der Waals surface area contributed by atoms with Gasteiger partial charge >= 0.3 is 0 Å². The molecule has 2 unspecified atom stereocenters. The van der Waals surface area contributed by atoms with E-state index in [-0.39, 0.29) is 18.0 Å². The van der Waals surface area contributed by atoms with E-state index in [2.05, 4.69) is 27.2 Å². The molecule has 2 fully saturated rings. The van der Waals surface area contributed by atoms with Crippen molar-refractivity contribution in [3.8, 4) is 17.0 Å². The van der Waals surface area contributed by atoms with Crippen molar-refractivity contribution in [1.29, 1.82) is 0 Å². The number of benzene rings is 2. The Morgan fingerprint density at radius 1 is 1.15 bits per heavy atom. The fourth-order valence-corrected chi connectivity index (χ4v) is 5.44. The molecular formula is C25H28ClN5O2S. The van der Waals surface area contributed by atoms with Crippen LogP contribution in [-0.2, 0) is 11.3 Å². The summed E-state index contributed by atoms with van der Waals surface area (Å²) in [5.41, 5.74) is 9.65. The number of amides is 1. The van der Waals surface area contributed by atoms with Crippen LogP contribution in [0.2, 0.25) is 5.02 Å². The van der Waals surface area contributed by atoms with Crippen molar-refractivity contribution in [1.82, 2.24) is 25.6 Å². The van der Waals surface area contributed by atoms with Gasteiger partial charge in [0.15, 0.2) is 0 Å². The molecule has 7 nitrogen and oxygen atoms in total. The predicted octanol–water partition coefficient (Wildman–Crippen LogP) is 3.72. The molecule has 2 atom stereocenters. The Kier molecular flexibility index (Phi) is 7.12. The number of hydrogen-bond donors (Lipinski definition) is 2. The molecule has 2 N–H and O–H groups in total. The topological polar surface area (TPSA) is 69.7 Å². The summed E-state index contributed by atoms with van der Waals surface area (Å²) >= 11 is 7.67. The van der Waals surface area contributed by atoms with Crippen molar-refractivity contribution in [2.45, 2.75) is 25.0 Å². The molecule has 0 aliphatic carbocycles. The van der Waals surface area contributed by atoms with Crippen LogP contribution in [0.15, 0.2) is 53.9 Å². The molecule has 0 saturated carbocycles. The second kappa shape index (κ2) is 10.4. The molecule has 2 aromatic carbocycles. The molecule has 3 aromatic rings. The minimum absolute atomic E-state index is 0.0880. The zero-order valence-corrected chi connectivity index (χ0v) is 20.6. The lowest BCUT2D eigenvalue weighted by atomic mass is 10.0. The first-order valence-corrected chi connectivity index (χ1v) is 12.7. The Balaban J connectivity index is 1.11. The first-order valence-electron chi connectivity index (χ1n) is 11.5. The van der Waals surface area contributed by atoms with Crippen LogP contribution in [0.5, 0.6) is 5.75 Å². The molecular weight excluding hydrogens is 470 g/mol. The number of halogens is 1. The highest BCUT2D eigenvalue weighted by Crippen LogP contribution is 2.27. The quantitative estimate of drug-likeness (QED) is 0.541. The Bertz CT molecular complexity index is 1130. The Morgan fingerprint density at radius 3 is 2.71 bits per heavy atom. The van der Waals surface area contributed by atoms with E-state index in [9.17, 15) is 4.79 Å². The summed E-state index contributed by atoms with van der Waals surface area (Å²) in [5.74, 6) is 0.988. The summed E-state index contributed by atoms with van der Waals surface area (Å²) in [4.78, 5) is 22.3. The van der Waals surface area contributed by atoms with Gasteiger partial charge in [0.05, 0.1) is 19.3 Å². The number of ether oxygens (including phenoxy) is 1. The minimum atomic E-state index is -0.219. The molecule has 5 rings (SSSR count). The normalized spacial score (nSPS) is 21.1. The minimum Gasteiger partial charge on any atom is -0.497 e. The van der Waals surface area contributed by atoms with Crippen molar-refractivity contribution in [2.24, 2.45) is 0 Å². The largest absolute Gasteiger partial charge is 0.497 e. The lowest BCUT2D eigenvalue weighted by molar-refractivity contribution is -0.135. The number of rotatable bonds is 6. The molecule has 34 heavy (non-hydrogen) atoms. The van der Waals surface area contributed by atoms with Gasteiger partial charge in [-0.3, -0.25) is 9.69 Å². The number of hydrazine groups is 1. The van der Waals surface area contributed by atoms with Crippen LogP contribution in [0.1, 0.15) is 23.0 Å². The zero-order chi connectivity index (χ0) is 23.5. The number of carbonyl (C=O) groups is 1. The number of aromatic nitrogens is 1. The number of thiazole rings is 1. The van der Waals surface area contributed by atoms with Crippen LogP contribution >= 0.6 is 22.9 Å². The van der Waals surface area contributed by atoms with Gasteiger partial charge in [0.1, 0.15) is 16.8 Å². The standard InChI is InChI=1S/C25H28ClN5O2S/c1-33-20-4-2-3-18(13-20)21-14-22(29-28-21)25(32)31-11-9-30(10-12-31)15-24-27-23(16-34-24)17-5-7-19(26)8-6-17/h2-8,13,16,21-22,28-29H,9-12,14-15H2,1H3. The first-order chi connectivity index (χ1) is 16.6. The number of nitrogens with zero attached hydrogens (tertiary/aromatic N) is 3. The van der Waals surface area contributed by atoms with Crippen LogP contribution in [0.4, 0.5) is 0 Å². The highest BCUT2D eigenvalue weighted by Gasteiger charge is 2.34. The van der Waals surface area contributed by atoms with Gasteiger partial charge in [-0.15, -0.1) is 11.3 Å². The van der Waals surface area contributed by atoms with Crippen molar-refractivity contribution in [3.05, 3.63) is 69.5 Å². The molecule has 178 valence electrons. The van der Waals surface area contributed by atoms with E-state index >= 15 is 0 Å². The Labute approximate surface area is 208 Å². The van der Waals surface area contributed by atoms with Gasteiger partial charge in [-0.2, -0.15) is 0 Å². The molecule has 0 spiro atoms. The van der Waals surface area contributed by atoms with Gasteiger partial charge in [0.25, 0.3) is 0 Å². The van der Waals surface area contributed by atoms with Gasteiger partial charge in [-0.05, 0) is 36.2 Å². The van der Waals surface area contributed by atoms with Crippen LogP contribution < -0.4 is 15.6 Å². The molecule has 2 saturated heterocycles. The van der Waals surface area contributed by atoms with Crippen molar-refractivity contribution in [3.63, 3.8) is 0 Å². The van der Waals surface area contributed by atoms with E-state index in [0.717, 1.165) is 71.7 Å². The Hall–Kier alpha value is -2.49. The predicted molar refractivity (Wildman–Crippen MR) is 135 cm³/mol. The van der Waals surface area contributed by atoms with Crippen molar-refractivity contribution >= 4 is 28.8 Å². The number of carbonyl (C=O) groups excluding carboxylic acids is 1. The summed E-state index contributed by atoms with van der Waals surface area (Å²) in [6.45, 7) is 3.97. The number of nitrogens with one attached hydrogen (secondary N) is 2. The zero-order valence-electron chi connectivity index (χ0n) is 19.0. The highest BCUT2D eigenvalue weighted by molar-refractivity contribution is 7.09. The molecule has 9 heteroatoms. The maximum atomic E-state index is 13.1. The third-order valence-corrected chi connectivity index (χ3v) is 7.52. The van der Waals surface area contributed by atoms with Crippen LogP contribution in [0.3, 0.4) is 0 Å². The van der Waals surface area contributed by atoms with Gasteiger partial charge in [-0.25, -0.2) is 15.8 Å². The van der Waals surface area contributed by atoms with Gasteiger partial charge in [0, 0.05) is 48.2 Å². The van der Waals surface area contributed by atoms with Crippen molar-refractivity contribution in [2.75, 3.05) is 33.3 Å². The van der Waals surface area contributed by atoms with Crippen LogP contribution in [0.25, 0.3) is 11.3 Å². The fraction of sp³-hybridized carbons (Fsp3) is 0.360. The van der Waals surface area contributed by atoms with E-state index < -0.39 is 0 Å². The van der Waals surface area contributed by atoms with Crippen LogP contribution in [0, 0.1) is 0 Å². The molecule has 3 heterocycles. The smallest absolute Gasteiger partial charge is 0.241 e. The summed E-state index contributed by atoms with van der Waals surface area (Å²) in [5, 5.41) is 3.91. The van der Waals surface area contributed by atoms with Gasteiger partial charge < -0.3 is 9.64 Å². The molecule has 0 bridgehead atoms. The fourth-order valence-electron chi connectivity index (χ4n) is 4.47. The average molecular weight is 498 g/mol. The molecule has 1 amide bonds. The Morgan fingerprint density at radius 2 is 1.94 bits per heavy atom. The van der Waals surface area contributed by atoms with E-state index in [1.165, 1.54) is 0 Å². The number of hydrogen-bond acceptors (Lipinski definition) is 7. The lowest BCUT2D eigenvalue weighted by Crippen LogP contribution is -2.53. The molecule has 0 radical (unpaired) electrons. The number of methoxy groups -OCH3 is 1. The maximum absolute atomic E-state index is 13.1. The SMILES string of the molecule is COc1cccc(C2CC(C(=O)N3CCN(Cc4nc(-c5ccc(Cl)cc5)cs4)CC3)NN2)c1. The molecule has 1 aromatic heterocycles. The van der Waals surface area contributed by atoms with E-state index in [1.54, 1.807) is 18.4 Å². The van der Waals surface area contributed by atoms with Gasteiger partial charge in [-0.1, -0.05) is 35.9 Å². The van der Waals surface area contributed by atoms with Crippen LogP contribution in [-0.4, -0.2) is 60.0 Å². The van der Waals surface area contributed by atoms with Gasteiger partial charge in [0.2, 0.25) is 5.91 Å². The maximum Gasteiger partial charge on any atom is 0.241 e. The highest BCUT2D eigenvalue weighted by atomic mass is 35.5. The summed E-state index contributed by atoms with van der Waals surface area (Å²) in [7, 11) is 1.67.